The van der Waals surface area contributed by atoms with Gasteiger partial charge in [0, 0.05) is 6.92 Å². The lowest BCUT2D eigenvalue weighted by molar-refractivity contribution is -0.244. The molecule has 2 rings (SSSR count). The van der Waals surface area contributed by atoms with E-state index in [-0.39, 0.29) is 5.91 Å². The summed E-state index contributed by atoms with van der Waals surface area (Å²) in [7, 11) is 0. The molecule has 0 bridgehead atoms. The van der Waals surface area contributed by atoms with Crippen LogP contribution >= 0.6 is 0 Å². The molecular formula is C14H19NO6. The number of aliphatic hydroxyl groups excluding tert-OH is 3. The van der Waals surface area contributed by atoms with E-state index in [9.17, 15) is 20.1 Å². The average molecular weight is 297 g/mol. The number of hydrogen-bond acceptors (Lipinski definition) is 6. The first-order valence-electron chi connectivity index (χ1n) is 6.64. The maximum atomic E-state index is 11.2. The Bertz CT molecular complexity index is 468. The highest BCUT2D eigenvalue weighted by Gasteiger charge is 2.45. The van der Waals surface area contributed by atoms with Gasteiger partial charge in [0.2, 0.25) is 12.2 Å². The van der Waals surface area contributed by atoms with Crippen molar-refractivity contribution in [2.45, 2.75) is 37.6 Å². The van der Waals surface area contributed by atoms with E-state index in [2.05, 4.69) is 5.32 Å². The minimum Gasteiger partial charge on any atom is -0.463 e. The summed E-state index contributed by atoms with van der Waals surface area (Å²) < 4.78 is 11.0. The number of ether oxygens (including phenoxy) is 2. The van der Waals surface area contributed by atoms with Gasteiger partial charge in [-0.1, -0.05) is 18.2 Å². The zero-order valence-electron chi connectivity index (χ0n) is 11.5. The summed E-state index contributed by atoms with van der Waals surface area (Å²) in [5.41, 5.74) is 0. The minimum atomic E-state index is -1.32. The van der Waals surface area contributed by atoms with E-state index in [4.69, 9.17) is 9.47 Å². The second-order valence-electron chi connectivity index (χ2n) is 4.86. The number of nitrogens with one attached hydrogen (secondary N) is 1. The first-order chi connectivity index (χ1) is 10.0. The van der Waals surface area contributed by atoms with Crippen molar-refractivity contribution in [3.63, 3.8) is 0 Å². The highest BCUT2D eigenvalue weighted by atomic mass is 16.7. The quantitative estimate of drug-likeness (QED) is 0.568. The van der Waals surface area contributed by atoms with Crippen molar-refractivity contribution < 1.29 is 29.6 Å². The van der Waals surface area contributed by atoms with E-state index in [0.717, 1.165) is 0 Å². The van der Waals surface area contributed by atoms with E-state index < -0.39 is 37.3 Å². The lowest BCUT2D eigenvalue weighted by Gasteiger charge is -2.42. The minimum absolute atomic E-state index is 0.390. The van der Waals surface area contributed by atoms with Crippen molar-refractivity contribution in [3.8, 4) is 5.75 Å². The molecule has 1 aromatic rings. The maximum Gasteiger partial charge on any atom is 0.223 e. The molecule has 0 unspecified atom stereocenters. The zero-order valence-corrected chi connectivity index (χ0v) is 11.5. The van der Waals surface area contributed by atoms with Crippen molar-refractivity contribution in [2.75, 3.05) is 6.61 Å². The molecule has 1 aromatic carbocycles. The Kier molecular flexibility index (Phi) is 5.13. The normalized spacial score (nSPS) is 32.5. The number of carbonyl (C=O) groups excluding carboxylic acids is 1. The Morgan fingerprint density at radius 1 is 1.29 bits per heavy atom. The summed E-state index contributed by atoms with van der Waals surface area (Å²) in [6, 6.07) is 7.79. The molecular weight excluding hydrogens is 278 g/mol. The van der Waals surface area contributed by atoms with Gasteiger partial charge in [0.25, 0.3) is 0 Å². The Morgan fingerprint density at radius 3 is 2.52 bits per heavy atom. The van der Waals surface area contributed by atoms with Crippen molar-refractivity contribution in [3.05, 3.63) is 30.3 Å². The summed E-state index contributed by atoms with van der Waals surface area (Å²) in [4.78, 5) is 11.2. The van der Waals surface area contributed by atoms with Crippen LogP contribution in [-0.4, -0.2) is 58.5 Å². The molecule has 1 saturated heterocycles. The number of amides is 1. The van der Waals surface area contributed by atoms with Crippen molar-refractivity contribution in [1.29, 1.82) is 0 Å². The second kappa shape index (κ2) is 6.86. The number of benzene rings is 1. The fraction of sp³-hybridized carbons (Fsp3) is 0.500. The van der Waals surface area contributed by atoms with Gasteiger partial charge in [-0.25, -0.2) is 0 Å². The van der Waals surface area contributed by atoms with Gasteiger partial charge in [-0.2, -0.15) is 0 Å². The molecule has 1 heterocycles. The summed E-state index contributed by atoms with van der Waals surface area (Å²) in [6.45, 7) is 0.816. The number of carbonyl (C=O) groups is 1. The Labute approximate surface area is 122 Å². The van der Waals surface area contributed by atoms with Gasteiger partial charge in [-0.15, -0.1) is 0 Å². The fourth-order valence-corrected chi connectivity index (χ4v) is 2.20. The largest absolute Gasteiger partial charge is 0.463 e. The zero-order chi connectivity index (χ0) is 15.4. The molecule has 0 aromatic heterocycles. The first-order valence-corrected chi connectivity index (χ1v) is 6.64. The van der Waals surface area contributed by atoms with Crippen LogP contribution in [0.4, 0.5) is 0 Å². The van der Waals surface area contributed by atoms with E-state index in [1.807, 2.05) is 6.07 Å². The van der Waals surface area contributed by atoms with Crippen LogP contribution < -0.4 is 10.1 Å². The summed E-state index contributed by atoms with van der Waals surface area (Å²) in [6.07, 6.45) is -4.64. The number of hydrogen-bond donors (Lipinski definition) is 4. The Balaban J connectivity index is 2.18. The molecule has 1 aliphatic heterocycles. The molecule has 0 saturated carbocycles. The fourth-order valence-electron chi connectivity index (χ4n) is 2.20. The first kappa shape index (κ1) is 15.7. The number of para-hydroxylation sites is 1. The SMILES string of the molecule is CC(=O)N[C@@H]1[C@H](Oc2ccccc2)O[C@H](CO)[C@H](O)[C@H]1O. The third-order valence-corrected chi connectivity index (χ3v) is 3.25. The van der Waals surface area contributed by atoms with Crippen LogP contribution in [0.2, 0.25) is 0 Å². The van der Waals surface area contributed by atoms with E-state index in [1.165, 1.54) is 6.92 Å². The maximum absolute atomic E-state index is 11.2. The average Bonchev–Trinajstić information content (AvgIpc) is 2.47. The van der Waals surface area contributed by atoms with Crippen molar-refractivity contribution in [2.24, 2.45) is 0 Å². The predicted octanol–water partition coefficient (Wildman–Crippen LogP) is -0.991. The van der Waals surface area contributed by atoms with Crippen LogP contribution in [0.1, 0.15) is 6.92 Å². The van der Waals surface area contributed by atoms with Crippen LogP contribution in [0.5, 0.6) is 5.75 Å². The van der Waals surface area contributed by atoms with Gasteiger partial charge in [0.05, 0.1) is 6.61 Å². The molecule has 21 heavy (non-hydrogen) atoms. The molecule has 5 atom stereocenters. The van der Waals surface area contributed by atoms with Gasteiger partial charge in [-0.3, -0.25) is 4.79 Å². The third kappa shape index (κ3) is 3.70. The third-order valence-electron chi connectivity index (χ3n) is 3.25. The summed E-state index contributed by atoms with van der Waals surface area (Å²) in [5, 5.41) is 31.7. The molecule has 116 valence electrons. The Morgan fingerprint density at radius 2 is 1.95 bits per heavy atom. The summed E-state index contributed by atoms with van der Waals surface area (Å²) >= 11 is 0. The summed E-state index contributed by atoms with van der Waals surface area (Å²) in [5.74, 6) is 0.0945. The molecule has 1 fully saturated rings. The van der Waals surface area contributed by atoms with E-state index >= 15 is 0 Å². The topological polar surface area (TPSA) is 108 Å². The van der Waals surface area contributed by atoms with Crippen LogP contribution in [-0.2, 0) is 9.53 Å². The van der Waals surface area contributed by atoms with E-state index in [1.54, 1.807) is 24.3 Å². The van der Waals surface area contributed by atoms with Crippen LogP contribution in [0.25, 0.3) is 0 Å². The van der Waals surface area contributed by atoms with Gasteiger partial charge in [0.15, 0.2) is 0 Å². The monoisotopic (exact) mass is 297 g/mol. The molecule has 7 nitrogen and oxygen atoms in total. The smallest absolute Gasteiger partial charge is 0.223 e. The van der Waals surface area contributed by atoms with Crippen LogP contribution in [0.3, 0.4) is 0 Å². The molecule has 1 amide bonds. The molecule has 1 aliphatic rings. The van der Waals surface area contributed by atoms with Crippen LogP contribution in [0.15, 0.2) is 30.3 Å². The van der Waals surface area contributed by atoms with Crippen molar-refractivity contribution >= 4 is 5.91 Å². The molecule has 0 aliphatic carbocycles. The van der Waals surface area contributed by atoms with Crippen LogP contribution in [0, 0.1) is 0 Å². The number of aliphatic hydroxyl groups is 3. The van der Waals surface area contributed by atoms with Gasteiger partial charge >= 0.3 is 0 Å². The van der Waals surface area contributed by atoms with Crippen molar-refractivity contribution in [1.82, 2.24) is 5.32 Å². The molecule has 4 N–H and O–H groups in total. The molecule has 0 radical (unpaired) electrons. The highest BCUT2D eigenvalue weighted by Crippen LogP contribution is 2.24. The highest BCUT2D eigenvalue weighted by molar-refractivity contribution is 5.73. The van der Waals surface area contributed by atoms with Gasteiger partial charge in [0.1, 0.15) is 30.1 Å². The molecule has 7 heteroatoms. The second-order valence-corrected chi connectivity index (χ2v) is 4.86. The standard InChI is InChI=1S/C14H19NO6/c1-8(17)15-11-13(19)12(18)10(7-16)21-14(11)20-9-5-3-2-4-6-9/h2-6,10-14,16,18-19H,7H2,1H3,(H,15,17)/t10-,11+,12+,13+,14-/m1/s1. The lowest BCUT2D eigenvalue weighted by Crippen LogP contribution is -2.65. The predicted molar refractivity (Wildman–Crippen MR) is 72.4 cm³/mol. The lowest BCUT2D eigenvalue weighted by atomic mass is 9.97. The molecule has 0 spiro atoms. The number of rotatable bonds is 4. The van der Waals surface area contributed by atoms with Gasteiger partial charge in [-0.05, 0) is 12.1 Å². The van der Waals surface area contributed by atoms with Gasteiger partial charge < -0.3 is 30.1 Å². The van der Waals surface area contributed by atoms with E-state index in [0.29, 0.717) is 5.75 Å². The Hall–Kier alpha value is -1.67.